The van der Waals surface area contributed by atoms with Gasteiger partial charge in [-0.15, -0.1) is 0 Å². The largest absolute Gasteiger partial charge is 0.475 e. The van der Waals surface area contributed by atoms with E-state index < -0.39 is 5.97 Å². The van der Waals surface area contributed by atoms with Crippen molar-refractivity contribution in [2.75, 3.05) is 11.5 Å². The van der Waals surface area contributed by atoms with Gasteiger partial charge in [0.05, 0.1) is 12.6 Å². The number of furan rings is 1. The number of carbonyl (C=O) groups is 2. The average molecular weight is 355 g/mol. The summed E-state index contributed by atoms with van der Waals surface area (Å²) in [6, 6.07) is 10.7. The number of aromatic carboxylic acids is 1. The predicted octanol–water partition coefficient (Wildman–Crippen LogP) is 3.72. The third kappa shape index (κ3) is 3.86. The molecule has 1 aliphatic rings. The smallest absolute Gasteiger partial charge is 0.371 e. The summed E-state index contributed by atoms with van der Waals surface area (Å²) in [6.07, 6.45) is 1.21. The minimum Gasteiger partial charge on any atom is -0.475 e. The second kappa shape index (κ2) is 7.58. The average Bonchev–Trinajstić information content (AvgIpc) is 3.22. The number of amides is 1. The summed E-state index contributed by atoms with van der Waals surface area (Å²) in [5.74, 6) is -0.696. The fraction of sp³-hybridized carbons (Fsp3) is 0.300. The summed E-state index contributed by atoms with van der Waals surface area (Å²) >= 11 is 0. The van der Waals surface area contributed by atoms with Crippen LogP contribution in [0, 0.1) is 0 Å². The number of anilines is 1. The molecule has 1 atom stereocenters. The highest BCUT2D eigenvalue weighted by molar-refractivity contribution is 5.96. The maximum absolute atomic E-state index is 12.3. The summed E-state index contributed by atoms with van der Waals surface area (Å²) in [5.41, 5.74) is 2.86. The van der Waals surface area contributed by atoms with Crippen molar-refractivity contribution < 1.29 is 23.8 Å². The Morgan fingerprint density at radius 2 is 2.04 bits per heavy atom. The van der Waals surface area contributed by atoms with E-state index in [-0.39, 0.29) is 24.3 Å². The molecule has 0 saturated carbocycles. The van der Waals surface area contributed by atoms with Gasteiger partial charge in [-0.25, -0.2) is 4.79 Å². The monoisotopic (exact) mass is 355 g/mol. The lowest BCUT2D eigenvalue weighted by Gasteiger charge is -2.25. The van der Waals surface area contributed by atoms with Crippen LogP contribution in [0.2, 0.25) is 0 Å². The number of nitrogens with zero attached hydrogens (tertiary/aromatic N) is 1. The van der Waals surface area contributed by atoms with E-state index in [4.69, 9.17) is 14.3 Å². The molecule has 1 amide bonds. The number of hydrogen-bond acceptors (Lipinski definition) is 4. The number of carboxylic acids is 1. The Kier molecular flexibility index (Phi) is 5.23. The van der Waals surface area contributed by atoms with E-state index in [1.54, 1.807) is 11.0 Å². The van der Waals surface area contributed by atoms with E-state index in [0.29, 0.717) is 18.8 Å². The van der Waals surface area contributed by atoms with Gasteiger partial charge >= 0.3 is 5.97 Å². The van der Waals surface area contributed by atoms with Gasteiger partial charge in [-0.2, -0.15) is 0 Å². The zero-order chi connectivity index (χ0) is 18.7. The summed E-state index contributed by atoms with van der Waals surface area (Å²) in [6.45, 7) is 6.39. The Morgan fingerprint density at radius 3 is 2.65 bits per heavy atom. The van der Waals surface area contributed by atoms with Gasteiger partial charge < -0.3 is 19.2 Å². The molecule has 2 heterocycles. The number of carbonyl (C=O) groups excluding carboxylic acids is 1. The molecule has 3 rings (SSSR count). The van der Waals surface area contributed by atoms with Crippen LogP contribution in [0.15, 0.2) is 47.4 Å². The number of rotatable bonds is 7. The van der Waals surface area contributed by atoms with Gasteiger partial charge in [-0.3, -0.25) is 4.79 Å². The van der Waals surface area contributed by atoms with Crippen molar-refractivity contribution in [2.45, 2.75) is 32.4 Å². The van der Waals surface area contributed by atoms with Crippen molar-refractivity contribution in [1.82, 2.24) is 0 Å². The lowest BCUT2D eigenvalue weighted by atomic mass is 10.1. The second-order valence-electron chi connectivity index (χ2n) is 6.37. The van der Waals surface area contributed by atoms with Gasteiger partial charge in [-0.05, 0) is 43.2 Å². The lowest BCUT2D eigenvalue weighted by molar-refractivity contribution is -0.117. The lowest BCUT2D eigenvalue weighted by Crippen LogP contribution is -2.36. The molecule has 26 heavy (non-hydrogen) atoms. The van der Waals surface area contributed by atoms with E-state index in [1.807, 2.05) is 31.2 Å². The molecule has 1 N–H and O–H groups in total. The van der Waals surface area contributed by atoms with Crippen LogP contribution in [-0.2, 0) is 16.1 Å². The van der Waals surface area contributed by atoms with Crippen molar-refractivity contribution in [3.8, 4) is 0 Å². The molecule has 1 aromatic carbocycles. The first-order valence-electron chi connectivity index (χ1n) is 8.43. The molecule has 136 valence electrons. The quantitative estimate of drug-likeness (QED) is 0.819. The summed E-state index contributed by atoms with van der Waals surface area (Å²) in [5, 5.41) is 8.86. The summed E-state index contributed by atoms with van der Waals surface area (Å²) < 4.78 is 10.8. The summed E-state index contributed by atoms with van der Waals surface area (Å²) in [4.78, 5) is 24.9. The highest BCUT2D eigenvalue weighted by Crippen LogP contribution is 2.28. The highest BCUT2D eigenvalue weighted by Gasteiger charge is 2.32. The molecule has 0 aliphatic carbocycles. The van der Waals surface area contributed by atoms with Crippen molar-refractivity contribution in [3.05, 3.63) is 60.1 Å². The number of carboxylic acid groups (broad SMARTS) is 1. The Balaban J connectivity index is 1.62. The minimum absolute atomic E-state index is 0.0490. The first-order chi connectivity index (χ1) is 12.5. The van der Waals surface area contributed by atoms with Crippen molar-refractivity contribution >= 4 is 23.1 Å². The van der Waals surface area contributed by atoms with E-state index in [2.05, 4.69) is 6.58 Å². The standard InChI is InChI=1S/C20H21NO5/c1-13(2)14-3-5-15(6-4-14)21-16(7-10-19(21)22)11-25-12-17-8-9-18(26-17)20(23)24/h3-6,8-9,16H,1,7,10-12H2,2H3,(H,23,24). The van der Waals surface area contributed by atoms with Crippen LogP contribution in [0.3, 0.4) is 0 Å². The number of allylic oxidation sites excluding steroid dienone is 1. The first-order valence-corrected chi connectivity index (χ1v) is 8.43. The van der Waals surface area contributed by atoms with Crippen LogP contribution in [0.1, 0.15) is 41.6 Å². The van der Waals surface area contributed by atoms with Crippen LogP contribution < -0.4 is 4.90 Å². The zero-order valence-electron chi connectivity index (χ0n) is 14.6. The molecule has 0 spiro atoms. The number of hydrogen-bond donors (Lipinski definition) is 1. The highest BCUT2D eigenvalue weighted by atomic mass is 16.5. The molecule has 6 heteroatoms. The minimum atomic E-state index is -1.11. The van der Waals surface area contributed by atoms with E-state index in [1.165, 1.54) is 6.07 Å². The maximum atomic E-state index is 12.3. The predicted molar refractivity (Wildman–Crippen MR) is 97.0 cm³/mol. The molecular weight excluding hydrogens is 334 g/mol. The Hall–Kier alpha value is -2.86. The number of ether oxygens (including phenoxy) is 1. The molecule has 1 aliphatic heterocycles. The molecule has 1 unspecified atom stereocenters. The molecule has 2 aromatic rings. The number of benzene rings is 1. The van der Waals surface area contributed by atoms with Crippen molar-refractivity contribution in [3.63, 3.8) is 0 Å². The maximum Gasteiger partial charge on any atom is 0.371 e. The van der Waals surface area contributed by atoms with Crippen LogP contribution in [0.5, 0.6) is 0 Å². The van der Waals surface area contributed by atoms with Crippen LogP contribution in [-0.4, -0.2) is 29.6 Å². The molecule has 1 saturated heterocycles. The van der Waals surface area contributed by atoms with Crippen LogP contribution in [0.4, 0.5) is 5.69 Å². The fourth-order valence-corrected chi connectivity index (χ4v) is 3.03. The van der Waals surface area contributed by atoms with Gasteiger partial charge in [0.2, 0.25) is 11.7 Å². The normalized spacial score (nSPS) is 16.9. The van der Waals surface area contributed by atoms with E-state index in [0.717, 1.165) is 23.2 Å². The van der Waals surface area contributed by atoms with Gasteiger partial charge in [0.25, 0.3) is 0 Å². The molecule has 0 radical (unpaired) electrons. The first kappa shape index (κ1) is 17.9. The molecule has 1 aromatic heterocycles. The van der Waals surface area contributed by atoms with Gasteiger partial charge in [0.15, 0.2) is 0 Å². The molecule has 1 fully saturated rings. The SMILES string of the molecule is C=C(C)c1ccc(N2C(=O)CCC2COCc2ccc(C(=O)O)o2)cc1. The zero-order valence-corrected chi connectivity index (χ0v) is 14.6. The third-order valence-corrected chi connectivity index (χ3v) is 4.39. The fourth-order valence-electron chi connectivity index (χ4n) is 3.03. The van der Waals surface area contributed by atoms with Gasteiger partial charge in [0, 0.05) is 12.1 Å². The van der Waals surface area contributed by atoms with Crippen molar-refractivity contribution in [1.29, 1.82) is 0 Å². The van der Waals surface area contributed by atoms with E-state index >= 15 is 0 Å². The van der Waals surface area contributed by atoms with Crippen LogP contribution >= 0.6 is 0 Å². The topological polar surface area (TPSA) is 80.0 Å². The third-order valence-electron chi connectivity index (χ3n) is 4.39. The van der Waals surface area contributed by atoms with Gasteiger partial charge in [-0.1, -0.05) is 24.3 Å². The van der Waals surface area contributed by atoms with Crippen LogP contribution in [0.25, 0.3) is 5.57 Å². The Bertz CT molecular complexity index is 821. The molecule has 0 bridgehead atoms. The van der Waals surface area contributed by atoms with E-state index in [9.17, 15) is 9.59 Å². The molecule has 6 nitrogen and oxygen atoms in total. The molecular formula is C20H21NO5. The Labute approximate surface area is 151 Å². The Morgan fingerprint density at radius 1 is 1.31 bits per heavy atom. The van der Waals surface area contributed by atoms with Gasteiger partial charge in [0.1, 0.15) is 12.4 Å². The second-order valence-corrected chi connectivity index (χ2v) is 6.37. The van der Waals surface area contributed by atoms with Crippen molar-refractivity contribution in [2.24, 2.45) is 0 Å². The summed E-state index contributed by atoms with van der Waals surface area (Å²) in [7, 11) is 0.